The number of halogens is 2. The molecule has 0 radical (unpaired) electrons. The molecule has 0 fully saturated rings. The van der Waals surface area contributed by atoms with Crippen molar-refractivity contribution in [2.24, 2.45) is 5.92 Å². The molecule has 0 N–H and O–H groups in total. The lowest BCUT2D eigenvalue weighted by Crippen LogP contribution is -2.36. The van der Waals surface area contributed by atoms with Crippen molar-refractivity contribution in [3.8, 4) is 0 Å². The summed E-state index contributed by atoms with van der Waals surface area (Å²) in [6.07, 6.45) is 1.95. The standard InChI is InChI=1S/C24H26ClFN2O/c1-18(2)15-28(24(29)23(25)20-9-4-3-5-10-20)17-22-12-7-13-27(22)16-19-8-6-11-21(26)14-19/h3-14,18,23H,15-17H2,1-2H3. The van der Waals surface area contributed by atoms with E-state index < -0.39 is 5.38 Å². The van der Waals surface area contributed by atoms with E-state index in [4.69, 9.17) is 11.6 Å². The summed E-state index contributed by atoms with van der Waals surface area (Å²) in [4.78, 5) is 15.0. The Kier molecular flexibility index (Phi) is 7.10. The molecule has 0 saturated heterocycles. The highest BCUT2D eigenvalue weighted by Crippen LogP contribution is 2.24. The number of carbonyl (C=O) groups is 1. The summed E-state index contributed by atoms with van der Waals surface area (Å²) in [5, 5.41) is -0.721. The van der Waals surface area contributed by atoms with Crippen LogP contribution in [0.5, 0.6) is 0 Å². The fraction of sp³-hybridized carbons (Fsp3) is 0.292. The van der Waals surface area contributed by atoms with Gasteiger partial charge in [-0.3, -0.25) is 4.79 Å². The molecule has 3 rings (SSSR count). The van der Waals surface area contributed by atoms with Crippen molar-refractivity contribution in [2.75, 3.05) is 6.54 Å². The SMILES string of the molecule is CC(C)CN(Cc1cccn1Cc1cccc(F)c1)C(=O)C(Cl)c1ccccc1. The first-order chi connectivity index (χ1) is 13.9. The van der Waals surface area contributed by atoms with Gasteiger partial charge in [0.15, 0.2) is 0 Å². The van der Waals surface area contributed by atoms with Crippen molar-refractivity contribution in [3.05, 3.63) is 95.6 Å². The normalized spacial score (nSPS) is 12.2. The second-order valence-electron chi connectivity index (χ2n) is 7.64. The van der Waals surface area contributed by atoms with E-state index >= 15 is 0 Å². The van der Waals surface area contributed by atoms with Crippen LogP contribution in [-0.2, 0) is 17.9 Å². The smallest absolute Gasteiger partial charge is 0.245 e. The van der Waals surface area contributed by atoms with Gasteiger partial charge in [0.2, 0.25) is 5.91 Å². The van der Waals surface area contributed by atoms with Crippen LogP contribution in [0, 0.1) is 11.7 Å². The molecule has 0 aliphatic carbocycles. The van der Waals surface area contributed by atoms with Crippen molar-refractivity contribution in [1.82, 2.24) is 9.47 Å². The van der Waals surface area contributed by atoms with E-state index in [1.165, 1.54) is 12.1 Å². The fourth-order valence-electron chi connectivity index (χ4n) is 3.37. The van der Waals surface area contributed by atoms with E-state index in [0.29, 0.717) is 25.6 Å². The Labute approximate surface area is 176 Å². The maximum atomic E-state index is 13.5. The lowest BCUT2D eigenvalue weighted by Gasteiger charge is -2.27. The number of aromatic nitrogens is 1. The summed E-state index contributed by atoms with van der Waals surface area (Å²) < 4.78 is 15.6. The maximum Gasteiger partial charge on any atom is 0.245 e. The average molecular weight is 413 g/mol. The number of carbonyl (C=O) groups excluding carboxylic acids is 1. The van der Waals surface area contributed by atoms with E-state index in [1.807, 2.05) is 64.2 Å². The van der Waals surface area contributed by atoms with Crippen LogP contribution in [0.15, 0.2) is 72.9 Å². The molecule has 0 bridgehead atoms. The molecule has 3 aromatic rings. The topological polar surface area (TPSA) is 25.2 Å². The van der Waals surface area contributed by atoms with Crippen molar-refractivity contribution in [2.45, 2.75) is 32.3 Å². The van der Waals surface area contributed by atoms with Gasteiger partial charge in [-0.15, -0.1) is 11.6 Å². The Balaban J connectivity index is 1.79. The number of hydrogen-bond donors (Lipinski definition) is 0. The van der Waals surface area contributed by atoms with E-state index in [0.717, 1.165) is 16.8 Å². The van der Waals surface area contributed by atoms with E-state index in [1.54, 1.807) is 6.07 Å². The second-order valence-corrected chi connectivity index (χ2v) is 8.08. The molecule has 1 atom stereocenters. The lowest BCUT2D eigenvalue weighted by atomic mass is 10.1. The third-order valence-corrected chi connectivity index (χ3v) is 5.16. The minimum atomic E-state index is -0.721. The van der Waals surface area contributed by atoms with Crippen LogP contribution in [0.4, 0.5) is 4.39 Å². The molecule has 1 amide bonds. The molecule has 0 aliphatic rings. The van der Waals surface area contributed by atoms with Crippen molar-refractivity contribution in [1.29, 1.82) is 0 Å². The van der Waals surface area contributed by atoms with Gasteiger partial charge in [0, 0.05) is 25.0 Å². The summed E-state index contributed by atoms with van der Waals surface area (Å²) in [7, 11) is 0. The van der Waals surface area contributed by atoms with Crippen LogP contribution in [0.1, 0.15) is 36.0 Å². The van der Waals surface area contributed by atoms with Crippen molar-refractivity contribution < 1.29 is 9.18 Å². The zero-order valence-corrected chi connectivity index (χ0v) is 17.5. The summed E-state index contributed by atoms with van der Waals surface area (Å²) in [6.45, 7) is 5.78. The molecule has 5 heteroatoms. The van der Waals surface area contributed by atoms with E-state index in [2.05, 4.69) is 13.8 Å². The summed E-state index contributed by atoms with van der Waals surface area (Å²) in [5.41, 5.74) is 2.66. The molecule has 152 valence electrons. The minimum absolute atomic E-state index is 0.106. The Bertz CT molecular complexity index is 939. The van der Waals surface area contributed by atoms with Crippen LogP contribution in [0.25, 0.3) is 0 Å². The van der Waals surface area contributed by atoms with Crippen LogP contribution in [0.2, 0.25) is 0 Å². The van der Waals surface area contributed by atoms with Gasteiger partial charge in [-0.1, -0.05) is 56.3 Å². The molecule has 29 heavy (non-hydrogen) atoms. The monoisotopic (exact) mass is 412 g/mol. The number of alkyl halides is 1. The van der Waals surface area contributed by atoms with Crippen molar-refractivity contribution >= 4 is 17.5 Å². The van der Waals surface area contributed by atoms with Crippen LogP contribution < -0.4 is 0 Å². The van der Waals surface area contributed by atoms with Gasteiger partial charge in [0.25, 0.3) is 0 Å². The molecule has 2 aromatic carbocycles. The quantitative estimate of drug-likeness (QED) is 0.439. The molecule has 1 heterocycles. The van der Waals surface area contributed by atoms with Crippen LogP contribution in [-0.4, -0.2) is 21.9 Å². The third-order valence-electron chi connectivity index (χ3n) is 4.72. The predicted molar refractivity (Wildman–Crippen MR) is 115 cm³/mol. The van der Waals surface area contributed by atoms with E-state index in [-0.39, 0.29) is 11.7 Å². The van der Waals surface area contributed by atoms with Crippen molar-refractivity contribution in [3.63, 3.8) is 0 Å². The lowest BCUT2D eigenvalue weighted by molar-refractivity contribution is -0.132. The van der Waals surface area contributed by atoms with Gasteiger partial charge < -0.3 is 9.47 Å². The molecular weight excluding hydrogens is 387 g/mol. The van der Waals surface area contributed by atoms with Gasteiger partial charge in [-0.2, -0.15) is 0 Å². The van der Waals surface area contributed by atoms with Crippen LogP contribution in [0.3, 0.4) is 0 Å². The zero-order chi connectivity index (χ0) is 20.8. The highest BCUT2D eigenvalue weighted by Gasteiger charge is 2.25. The molecule has 0 aliphatic heterocycles. The number of rotatable bonds is 8. The van der Waals surface area contributed by atoms with Crippen LogP contribution >= 0.6 is 11.6 Å². The summed E-state index contributed by atoms with van der Waals surface area (Å²) >= 11 is 6.52. The molecule has 1 aromatic heterocycles. The highest BCUT2D eigenvalue weighted by atomic mass is 35.5. The third kappa shape index (κ3) is 5.70. The van der Waals surface area contributed by atoms with Gasteiger partial charge in [0.05, 0.1) is 6.54 Å². The number of nitrogens with zero attached hydrogens (tertiary/aromatic N) is 2. The Morgan fingerprint density at radius 3 is 2.52 bits per heavy atom. The van der Waals surface area contributed by atoms with Gasteiger partial charge in [-0.05, 0) is 41.3 Å². The van der Waals surface area contributed by atoms with E-state index in [9.17, 15) is 9.18 Å². The second kappa shape index (κ2) is 9.75. The number of hydrogen-bond acceptors (Lipinski definition) is 1. The first kappa shape index (κ1) is 21.1. The highest BCUT2D eigenvalue weighted by molar-refractivity contribution is 6.30. The van der Waals surface area contributed by atoms with Gasteiger partial charge in [-0.25, -0.2) is 4.39 Å². The predicted octanol–water partition coefficient (Wildman–Crippen LogP) is 5.64. The Hall–Kier alpha value is -2.59. The number of amides is 1. The Morgan fingerprint density at radius 1 is 1.07 bits per heavy atom. The fourth-order valence-corrected chi connectivity index (χ4v) is 3.66. The molecular formula is C24H26ClFN2O. The Morgan fingerprint density at radius 2 is 1.83 bits per heavy atom. The molecule has 0 saturated carbocycles. The molecule has 0 spiro atoms. The minimum Gasteiger partial charge on any atom is -0.345 e. The molecule has 3 nitrogen and oxygen atoms in total. The number of benzene rings is 2. The summed E-state index contributed by atoms with van der Waals surface area (Å²) in [6, 6.07) is 19.9. The zero-order valence-electron chi connectivity index (χ0n) is 16.8. The maximum absolute atomic E-state index is 13.5. The molecule has 1 unspecified atom stereocenters. The van der Waals surface area contributed by atoms with Gasteiger partial charge in [0.1, 0.15) is 11.2 Å². The van der Waals surface area contributed by atoms with Gasteiger partial charge >= 0.3 is 0 Å². The average Bonchev–Trinajstić information content (AvgIpc) is 3.13. The first-order valence-electron chi connectivity index (χ1n) is 9.80. The summed E-state index contributed by atoms with van der Waals surface area (Å²) in [5.74, 6) is -0.0454. The largest absolute Gasteiger partial charge is 0.345 e. The first-order valence-corrected chi connectivity index (χ1v) is 10.2.